The molecule has 0 heterocycles. The van der Waals surface area contributed by atoms with Crippen molar-refractivity contribution in [2.75, 3.05) is 36.0 Å². The van der Waals surface area contributed by atoms with E-state index < -0.39 is 5.82 Å². The van der Waals surface area contributed by atoms with Crippen LogP contribution in [-0.4, -0.2) is 38.0 Å². The van der Waals surface area contributed by atoms with Crippen LogP contribution in [0, 0.1) is 5.82 Å². The lowest BCUT2D eigenvalue weighted by Crippen LogP contribution is -2.37. The maximum Gasteiger partial charge on any atom is 0.251 e. The molecular formula is C21H26FN3O2. The summed E-state index contributed by atoms with van der Waals surface area (Å²) in [5.74, 6) is -0.929. The average Bonchev–Trinajstić information content (AvgIpc) is 2.66. The van der Waals surface area contributed by atoms with Crippen LogP contribution in [0.5, 0.6) is 0 Å². The lowest BCUT2D eigenvalue weighted by Gasteiger charge is -2.24. The molecule has 2 aromatic rings. The standard InChI is InChI=1S/C21H26FN3O2/c1-4-24(5-2)19-9-11-20(12-10-19)25(16(3)26)14-13-23-21(27)17-7-6-8-18(22)15-17/h6-12,15H,4-5,13-14H2,1-3H3,(H,23,27). The SMILES string of the molecule is CCN(CC)c1ccc(N(CCNC(=O)c2cccc(F)c2)C(C)=O)cc1. The Morgan fingerprint density at radius 3 is 2.19 bits per heavy atom. The van der Waals surface area contributed by atoms with Crippen LogP contribution < -0.4 is 15.1 Å². The molecule has 0 radical (unpaired) electrons. The number of amides is 2. The summed E-state index contributed by atoms with van der Waals surface area (Å²) in [7, 11) is 0. The zero-order chi connectivity index (χ0) is 19.8. The minimum atomic E-state index is -0.457. The number of hydrogen-bond donors (Lipinski definition) is 1. The van der Waals surface area contributed by atoms with E-state index in [2.05, 4.69) is 24.1 Å². The molecule has 1 N–H and O–H groups in total. The van der Waals surface area contributed by atoms with Gasteiger partial charge in [0.05, 0.1) is 0 Å². The van der Waals surface area contributed by atoms with Crippen molar-refractivity contribution in [2.45, 2.75) is 20.8 Å². The molecule has 0 aliphatic carbocycles. The van der Waals surface area contributed by atoms with Gasteiger partial charge in [-0.05, 0) is 56.3 Å². The summed E-state index contributed by atoms with van der Waals surface area (Å²) in [6.45, 7) is 8.12. The van der Waals surface area contributed by atoms with E-state index in [1.54, 1.807) is 11.0 Å². The number of carbonyl (C=O) groups is 2. The van der Waals surface area contributed by atoms with Crippen LogP contribution in [0.25, 0.3) is 0 Å². The van der Waals surface area contributed by atoms with Crippen molar-refractivity contribution in [3.8, 4) is 0 Å². The van der Waals surface area contributed by atoms with Crippen molar-refractivity contribution in [1.82, 2.24) is 5.32 Å². The molecule has 2 amide bonds. The number of anilines is 2. The molecule has 0 spiro atoms. The van der Waals surface area contributed by atoms with Gasteiger partial charge in [0.2, 0.25) is 5.91 Å². The van der Waals surface area contributed by atoms with Crippen LogP contribution in [0.4, 0.5) is 15.8 Å². The maximum atomic E-state index is 13.2. The number of benzene rings is 2. The predicted molar refractivity (Wildman–Crippen MR) is 107 cm³/mol. The number of hydrogen-bond acceptors (Lipinski definition) is 3. The second-order valence-electron chi connectivity index (χ2n) is 6.13. The Bertz CT molecular complexity index is 773. The van der Waals surface area contributed by atoms with Crippen LogP contribution >= 0.6 is 0 Å². The molecule has 2 rings (SSSR count). The number of nitrogens with zero attached hydrogens (tertiary/aromatic N) is 2. The quantitative estimate of drug-likeness (QED) is 0.773. The van der Waals surface area contributed by atoms with E-state index in [0.29, 0.717) is 6.54 Å². The highest BCUT2D eigenvalue weighted by Crippen LogP contribution is 2.20. The molecule has 0 unspecified atom stereocenters. The molecule has 0 bridgehead atoms. The maximum absolute atomic E-state index is 13.2. The predicted octanol–water partition coefficient (Wildman–Crippen LogP) is 3.45. The first kappa shape index (κ1) is 20.4. The van der Waals surface area contributed by atoms with Crippen LogP contribution in [0.2, 0.25) is 0 Å². The van der Waals surface area contributed by atoms with Crippen LogP contribution in [-0.2, 0) is 4.79 Å². The summed E-state index contributed by atoms with van der Waals surface area (Å²) in [5.41, 5.74) is 2.14. The zero-order valence-electron chi connectivity index (χ0n) is 16.0. The fourth-order valence-electron chi connectivity index (χ4n) is 2.91. The molecular weight excluding hydrogens is 345 g/mol. The number of nitrogens with one attached hydrogen (secondary N) is 1. The van der Waals surface area contributed by atoms with Gasteiger partial charge in [0, 0.05) is 50.0 Å². The molecule has 2 aromatic carbocycles. The Morgan fingerprint density at radius 2 is 1.63 bits per heavy atom. The molecule has 0 saturated carbocycles. The second kappa shape index (κ2) is 9.71. The minimum Gasteiger partial charge on any atom is -0.372 e. The molecule has 6 heteroatoms. The van der Waals surface area contributed by atoms with Crippen molar-refractivity contribution in [3.63, 3.8) is 0 Å². The smallest absolute Gasteiger partial charge is 0.251 e. The molecule has 144 valence electrons. The van der Waals surface area contributed by atoms with E-state index in [0.717, 1.165) is 24.5 Å². The number of rotatable bonds is 8. The van der Waals surface area contributed by atoms with E-state index in [1.165, 1.54) is 25.1 Å². The van der Waals surface area contributed by atoms with Gasteiger partial charge < -0.3 is 15.1 Å². The topological polar surface area (TPSA) is 52.6 Å². The summed E-state index contributed by atoms with van der Waals surface area (Å²) >= 11 is 0. The Labute approximate surface area is 159 Å². The number of halogens is 1. The molecule has 0 aliphatic rings. The van der Waals surface area contributed by atoms with Gasteiger partial charge >= 0.3 is 0 Å². The van der Waals surface area contributed by atoms with Gasteiger partial charge in [-0.15, -0.1) is 0 Å². The Kier molecular flexibility index (Phi) is 7.34. The lowest BCUT2D eigenvalue weighted by molar-refractivity contribution is -0.116. The monoisotopic (exact) mass is 371 g/mol. The van der Waals surface area contributed by atoms with E-state index in [-0.39, 0.29) is 23.9 Å². The molecule has 0 aliphatic heterocycles. The van der Waals surface area contributed by atoms with Gasteiger partial charge in [0.25, 0.3) is 5.91 Å². The third kappa shape index (κ3) is 5.54. The first-order valence-electron chi connectivity index (χ1n) is 9.13. The Hall–Kier alpha value is -2.89. The fourth-order valence-corrected chi connectivity index (χ4v) is 2.91. The van der Waals surface area contributed by atoms with Gasteiger partial charge in [0.1, 0.15) is 5.82 Å². The van der Waals surface area contributed by atoms with Gasteiger partial charge in [-0.2, -0.15) is 0 Å². The Morgan fingerprint density at radius 1 is 1.00 bits per heavy atom. The highest BCUT2D eigenvalue weighted by atomic mass is 19.1. The Balaban J connectivity index is 1.99. The summed E-state index contributed by atoms with van der Waals surface area (Å²) in [4.78, 5) is 27.9. The first-order chi connectivity index (χ1) is 13.0. The van der Waals surface area contributed by atoms with Crippen molar-refractivity contribution < 1.29 is 14.0 Å². The van der Waals surface area contributed by atoms with Gasteiger partial charge in [0.15, 0.2) is 0 Å². The lowest BCUT2D eigenvalue weighted by atomic mass is 10.2. The molecule has 0 atom stereocenters. The van der Waals surface area contributed by atoms with Crippen LogP contribution in [0.15, 0.2) is 48.5 Å². The molecule has 27 heavy (non-hydrogen) atoms. The summed E-state index contributed by atoms with van der Waals surface area (Å²) in [6.07, 6.45) is 0. The van der Waals surface area contributed by atoms with E-state index in [1.807, 2.05) is 24.3 Å². The first-order valence-corrected chi connectivity index (χ1v) is 9.13. The van der Waals surface area contributed by atoms with Crippen LogP contribution in [0.1, 0.15) is 31.1 Å². The highest BCUT2D eigenvalue weighted by molar-refractivity contribution is 5.94. The average molecular weight is 371 g/mol. The van der Waals surface area contributed by atoms with Crippen molar-refractivity contribution >= 4 is 23.2 Å². The van der Waals surface area contributed by atoms with Crippen LogP contribution in [0.3, 0.4) is 0 Å². The normalized spacial score (nSPS) is 10.4. The van der Waals surface area contributed by atoms with E-state index >= 15 is 0 Å². The zero-order valence-corrected chi connectivity index (χ0v) is 16.0. The summed E-state index contributed by atoms with van der Waals surface area (Å²) < 4.78 is 13.2. The van der Waals surface area contributed by atoms with Gasteiger partial charge in [-0.1, -0.05) is 6.07 Å². The number of carbonyl (C=O) groups excluding carboxylic acids is 2. The summed E-state index contributed by atoms with van der Waals surface area (Å²) in [5, 5.41) is 2.72. The molecule has 0 saturated heterocycles. The second-order valence-corrected chi connectivity index (χ2v) is 6.13. The van der Waals surface area contributed by atoms with Crippen molar-refractivity contribution in [1.29, 1.82) is 0 Å². The highest BCUT2D eigenvalue weighted by Gasteiger charge is 2.13. The molecule has 0 aromatic heterocycles. The fraction of sp³-hybridized carbons (Fsp3) is 0.333. The minimum absolute atomic E-state index is 0.106. The molecule has 0 fully saturated rings. The van der Waals surface area contributed by atoms with E-state index in [9.17, 15) is 14.0 Å². The van der Waals surface area contributed by atoms with Gasteiger partial charge in [-0.3, -0.25) is 9.59 Å². The largest absolute Gasteiger partial charge is 0.372 e. The molecule has 5 nitrogen and oxygen atoms in total. The third-order valence-electron chi connectivity index (χ3n) is 4.38. The van der Waals surface area contributed by atoms with Crippen molar-refractivity contribution in [3.05, 3.63) is 59.9 Å². The van der Waals surface area contributed by atoms with E-state index in [4.69, 9.17) is 0 Å². The van der Waals surface area contributed by atoms with Crippen molar-refractivity contribution in [2.24, 2.45) is 0 Å². The third-order valence-corrected chi connectivity index (χ3v) is 4.38. The van der Waals surface area contributed by atoms with Gasteiger partial charge in [-0.25, -0.2) is 4.39 Å². The summed E-state index contributed by atoms with van der Waals surface area (Å²) in [6, 6.07) is 13.3.